The first-order chi connectivity index (χ1) is 8.54. The Kier molecular flexibility index (Phi) is 5.85. The largest absolute Gasteiger partial charge is 0.396 e. The quantitative estimate of drug-likeness (QED) is 0.770. The average Bonchev–Trinajstić information content (AvgIpc) is 2.64. The van der Waals surface area contributed by atoms with Gasteiger partial charge in [0.25, 0.3) is 0 Å². The zero-order valence-electron chi connectivity index (χ0n) is 11.3. The van der Waals surface area contributed by atoms with Crippen molar-refractivity contribution < 1.29 is 14.4 Å². The molecule has 0 fully saturated rings. The summed E-state index contributed by atoms with van der Waals surface area (Å²) in [5, 5.41) is 15.5. The van der Waals surface area contributed by atoms with Crippen LogP contribution in [-0.4, -0.2) is 29.3 Å². The Hall–Kier alpha value is -1.36. The van der Waals surface area contributed by atoms with Crippen molar-refractivity contribution in [2.24, 2.45) is 5.92 Å². The van der Waals surface area contributed by atoms with Crippen molar-refractivity contribution in [3.05, 3.63) is 17.0 Å². The van der Waals surface area contributed by atoms with E-state index in [1.807, 2.05) is 20.8 Å². The maximum absolute atomic E-state index is 11.6. The Bertz CT molecular complexity index is 368. The molecule has 0 saturated carbocycles. The molecule has 18 heavy (non-hydrogen) atoms. The van der Waals surface area contributed by atoms with Crippen molar-refractivity contribution >= 4 is 5.91 Å². The molecule has 0 aliphatic heterocycles. The van der Waals surface area contributed by atoms with E-state index in [-0.39, 0.29) is 12.5 Å². The third-order valence-corrected chi connectivity index (χ3v) is 3.05. The summed E-state index contributed by atoms with van der Waals surface area (Å²) in [6.45, 7) is 6.52. The molecule has 1 unspecified atom stereocenters. The number of aryl methyl sites for hydroxylation is 2. The minimum Gasteiger partial charge on any atom is -0.396 e. The van der Waals surface area contributed by atoms with Gasteiger partial charge in [0.2, 0.25) is 5.91 Å². The van der Waals surface area contributed by atoms with Crippen LogP contribution in [0.4, 0.5) is 0 Å². The highest BCUT2D eigenvalue weighted by atomic mass is 16.5. The fraction of sp³-hybridized carbons (Fsp3) is 0.692. The third-order valence-electron chi connectivity index (χ3n) is 3.05. The second-order valence-electron chi connectivity index (χ2n) is 4.72. The molecule has 0 saturated heterocycles. The zero-order valence-corrected chi connectivity index (χ0v) is 11.3. The Labute approximate surface area is 108 Å². The van der Waals surface area contributed by atoms with Crippen molar-refractivity contribution in [1.82, 2.24) is 10.5 Å². The van der Waals surface area contributed by atoms with E-state index in [4.69, 9.17) is 9.63 Å². The van der Waals surface area contributed by atoms with Crippen molar-refractivity contribution in [1.29, 1.82) is 0 Å². The van der Waals surface area contributed by atoms with Crippen molar-refractivity contribution in [2.75, 3.05) is 13.2 Å². The Morgan fingerprint density at radius 1 is 1.50 bits per heavy atom. The van der Waals surface area contributed by atoms with Gasteiger partial charge < -0.3 is 14.9 Å². The van der Waals surface area contributed by atoms with Crippen LogP contribution < -0.4 is 5.32 Å². The van der Waals surface area contributed by atoms with Gasteiger partial charge in [-0.3, -0.25) is 4.79 Å². The maximum atomic E-state index is 11.6. The van der Waals surface area contributed by atoms with Gasteiger partial charge >= 0.3 is 0 Å². The number of nitrogens with one attached hydrogen (secondary N) is 1. The van der Waals surface area contributed by atoms with Gasteiger partial charge in [-0.15, -0.1) is 0 Å². The summed E-state index contributed by atoms with van der Waals surface area (Å²) < 4.78 is 5.05. The van der Waals surface area contributed by atoms with Gasteiger partial charge in [-0.2, -0.15) is 0 Å². The lowest BCUT2D eigenvalue weighted by atomic mass is 10.1. The first kappa shape index (κ1) is 14.7. The third kappa shape index (κ3) is 4.49. The van der Waals surface area contributed by atoms with Crippen LogP contribution in [0.3, 0.4) is 0 Å². The van der Waals surface area contributed by atoms with E-state index in [0.717, 1.165) is 17.0 Å². The highest BCUT2D eigenvalue weighted by molar-refractivity contribution is 5.76. The molecular weight excluding hydrogens is 232 g/mol. The number of aliphatic hydroxyl groups is 1. The molecule has 1 atom stereocenters. The highest BCUT2D eigenvalue weighted by Crippen LogP contribution is 2.14. The SMILES string of the molecule is Cc1noc(C)c1CCC(=O)NCC(C)CCO. The molecule has 5 nitrogen and oxygen atoms in total. The molecule has 5 heteroatoms. The van der Waals surface area contributed by atoms with Gasteiger partial charge in [0.15, 0.2) is 0 Å². The van der Waals surface area contributed by atoms with Crippen molar-refractivity contribution in [2.45, 2.75) is 40.0 Å². The summed E-state index contributed by atoms with van der Waals surface area (Å²) in [7, 11) is 0. The molecule has 0 spiro atoms. The van der Waals surface area contributed by atoms with E-state index in [2.05, 4.69) is 10.5 Å². The molecule has 0 radical (unpaired) electrons. The molecule has 1 amide bonds. The summed E-state index contributed by atoms with van der Waals surface area (Å²) in [5.74, 6) is 1.12. The number of aromatic nitrogens is 1. The van der Waals surface area contributed by atoms with E-state index in [1.165, 1.54) is 0 Å². The fourth-order valence-corrected chi connectivity index (χ4v) is 1.80. The predicted molar refractivity (Wildman–Crippen MR) is 68.2 cm³/mol. The monoisotopic (exact) mass is 254 g/mol. The lowest BCUT2D eigenvalue weighted by Gasteiger charge is -2.10. The topological polar surface area (TPSA) is 75.4 Å². The van der Waals surface area contributed by atoms with Gasteiger partial charge in [0.1, 0.15) is 5.76 Å². The molecule has 0 aliphatic rings. The Balaban J connectivity index is 2.29. The molecule has 1 aromatic rings. The molecule has 1 aromatic heterocycles. The molecule has 1 heterocycles. The molecular formula is C13H22N2O3. The Morgan fingerprint density at radius 2 is 2.22 bits per heavy atom. The van der Waals surface area contributed by atoms with Crippen molar-refractivity contribution in [3.8, 4) is 0 Å². The van der Waals surface area contributed by atoms with Gasteiger partial charge in [-0.05, 0) is 32.6 Å². The summed E-state index contributed by atoms with van der Waals surface area (Å²) >= 11 is 0. The minimum absolute atomic E-state index is 0.0276. The average molecular weight is 254 g/mol. The van der Waals surface area contributed by atoms with Crippen LogP contribution in [0.25, 0.3) is 0 Å². The molecule has 2 N–H and O–H groups in total. The first-order valence-corrected chi connectivity index (χ1v) is 6.34. The normalized spacial score (nSPS) is 12.4. The molecule has 102 valence electrons. The smallest absolute Gasteiger partial charge is 0.220 e. The lowest BCUT2D eigenvalue weighted by molar-refractivity contribution is -0.121. The number of hydrogen-bond donors (Lipinski definition) is 2. The van der Waals surface area contributed by atoms with Crippen LogP contribution in [-0.2, 0) is 11.2 Å². The van der Waals surface area contributed by atoms with Crippen LogP contribution in [0.1, 0.15) is 36.8 Å². The van der Waals surface area contributed by atoms with Crippen LogP contribution in [0, 0.1) is 19.8 Å². The van der Waals surface area contributed by atoms with Crippen LogP contribution in [0.2, 0.25) is 0 Å². The van der Waals surface area contributed by atoms with E-state index < -0.39 is 0 Å². The van der Waals surface area contributed by atoms with Gasteiger partial charge in [0.05, 0.1) is 5.69 Å². The highest BCUT2D eigenvalue weighted by Gasteiger charge is 2.11. The number of carbonyl (C=O) groups is 1. The molecule has 1 rings (SSSR count). The summed E-state index contributed by atoms with van der Waals surface area (Å²) in [6.07, 6.45) is 1.81. The van der Waals surface area contributed by atoms with Crippen LogP contribution in [0.15, 0.2) is 4.52 Å². The van der Waals surface area contributed by atoms with Gasteiger partial charge in [-0.25, -0.2) is 0 Å². The molecule has 0 aromatic carbocycles. The number of carbonyl (C=O) groups excluding carboxylic acids is 1. The number of aliphatic hydroxyl groups excluding tert-OH is 1. The summed E-state index contributed by atoms with van der Waals surface area (Å²) in [4.78, 5) is 11.6. The zero-order chi connectivity index (χ0) is 13.5. The van der Waals surface area contributed by atoms with Gasteiger partial charge in [0, 0.05) is 25.1 Å². The standard InChI is InChI=1S/C13H22N2O3/c1-9(6-7-16)8-14-13(17)5-4-12-10(2)15-18-11(12)3/h9,16H,4-8H2,1-3H3,(H,14,17). The van der Waals surface area contributed by atoms with E-state index in [0.29, 0.717) is 31.7 Å². The molecule has 0 aliphatic carbocycles. The second-order valence-corrected chi connectivity index (χ2v) is 4.72. The first-order valence-electron chi connectivity index (χ1n) is 6.34. The second kappa shape index (κ2) is 7.16. The number of hydrogen-bond acceptors (Lipinski definition) is 4. The minimum atomic E-state index is 0.0276. The predicted octanol–water partition coefficient (Wildman–Crippen LogP) is 1.36. The van der Waals surface area contributed by atoms with E-state index in [9.17, 15) is 4.79 Å². The lowest BCUT2D eigenvalue weighted by Crippen LogP contribution is -2.28. The fourth-order valence-electron chi connectivity index (χ4n) is 1.80. The maximum Gasteiger partial charge on any atom is 0.220 e. The molecule has 0 bridgehead atoms. The number of nitrogens with zero attached hydrogens (tertiary/aromatic N) is 1. The summed E-state index contributed by atoms with van der Waals surface area (Å²) in [6, 6.07) is 0. The number of amides is 1. The number of rotatable bonds is 7. The Morgan fingerprint density at radius 3 is 2.78 bits per heavy atom. The van der Waals surface area contributed by atoms with Crippen molar-refractivity contribution in [3.63, 3.8) is 0 Å². The van der Waals surface area contributed by atoms with E-state index in [1.54, 1.807) is 0 Å². The van der Waals surface area contributed by atoms with E-state index >= 15 is 0 Å². The van der Waals surface area contributed by atoms with Gasteiger partial charge in [-0.1, -0.05) is 12.1 Å². The van der Waals surface area contributed by atoms with Crippen LogP contribution in [0.5, 0.6) is 0 Å². The summed E-state index contributed by atoms with van der Waals surface area (Å²) in [5.41, 5.74) is 1.88. The van der Waals surface area contributed by atoms with Crippen LogP contribution >= 0.6 is 0 Å².